The molecule has 0 radical (unpaired) electrons. The summed E-state index contributed by atoms with van der Waals surface area (Å²) in [7, 11) is 0. The van der Waals surface area contributed by atoms with Crippen LogP contribution >= 0.6 is 0 Å². The Bertz CT molecular complexity index is 909. The maximum Gasteiger partial charge on any atom is 0.270 e. The minimum atomic E-state index is -1.39. The first kappa shape index (κ1) is 27.3. The van der Waals surface area contributed by atoms with E-state index in [1.165, 1.54) is 6.92 Å². The first-order chi connectivity index (χ1) is 16.5. The van der Waals surface area contributed by atoms with Gasteiger partial charge in [-0.15, -0.1) is 0 Å². The molecule has 5 amide bonds. The average molecular weight is 498 g/mol. The summed E-state index contributed by atoms with van der Waals surface area (Å²) in [6, 6.07) is -6.01. The highest BCUT2D eigenvalue weighted by atomic mass is 16.3. The molecule has 17 nitrogen and oxygen atoms in total. The molecule has 35 heavy (non-hydrogen) atoms. The predicted octanol–water partition coefficient (Wildman–Crippen LogP) is -7.00. The lowest BCUT2D eigenvalue weighted by Gasteiger charge is -2.35. The van der Waals surface area contributed by atoms with Crippen LogP contribution in [0.3, 0.4) is 0 Å². The van der Waals surface area contributed by atoms with Crippen molar-refractivity contribution in [1.29, 1.82) is 5.41 Å². The molecule has 0 saturated carbocycles. The Morgan fingerprint density at radius 2 is 1.69 bits per heavy atom. The van der Waals surface area contributed by atoms with Crippen LogP contribution in [0.1, 0.15) is 13.3 Å². The molecular weight excluding hydrogens is 466 g/mol. The molecule has 0 aromatic heterocycles. The summed E-state index contributed by atoms with van der Waals surface area (Å²) in [5, 5.41) is 34.5. The minimum Gasteiger partial charge on any atom is -0.403 e. The van der Waals surface area contributed by atoms with Crippen molar-refractivity contribution in [3.05, 3.63) is 11.9 Å². The Kier molecular flexibility index (Phi) is 9.32. The van der Waals surface area contributed by atoms with Crippen molar-refractivity contribution in [2.24, 2.45) is 17.2 Å². The number of nitrogens with one attached hydrogen (secondary N) is 8. The van der Waals surface area contributed by atoms with Crippen LogP contribution in [0.15, 0.2) is 11.9 Å². The lowest BCUT2D eigenvalue weighted by Crippen LogP contribution is -2.66. The lowest BCUT2D eigenvalue weighted by atomic mass is 10.0. The smallest absolute Gasteiger partial charge is 0.270 e. The highest BCUT2D eigenvalue weighted by molar-refractivity contribution is 6.02. The molecule has 2 fully saturated rings. The van der Waals surface area contributed by atoms with E-state index in [1.54, 1.807) is 0 Å². The Hall–Kier alpha value is -3.96. The van der Waals surface area contributed by atoms with E-state index in [4.69, 9.17) is 22.6 Å². The number of nitrogens with two attached hydrogens (primary N) is 3. The zero-order chi connectivity index (χ0) is 26.3. The van der Waals surface area contributed by atoms with Crippen LogP contribution in [0, 0.1) is 5.41 Å². The number of hydrogen-bond acceptors (Lipinski definition) is 10. The molecule has 2 saturated heterocycles. The van der Waals surface area contributed by atoms with Crippen LogP contribution in [-0.4, -0.2) is 90.1 Å². The molecule has 0 bridgehead atoms. The van der Waals surface area contributed by atoms with Crippen LogP contribution in [0.5, 0.6) is 0 Å². The molecule has 6 atom stereocenters. The Balaban J connectivity index is 2.37. The van der Waals surface area contributed by atoms with E-state index in [0.29, 0.717) is 0 Å². The Morgan fingerprint density at radius 1 is 1.00 bits per heavy atom. The standard InChI is InChI=1S/C18H31N11O6/c1-6-13(31)25-9(3-19)15(33)26-10(4-20)16(34)29-12(8-2-11(30)28-18(22)27-8)17(35)23-5-7(21)14(32)24-6/h4,6-9,11-12,30H,2-3,5,19-21H2,1H3,(H,23,35)(H,24,32)(H,25,31)(H,26,33)(H,29,34)(H3,22,27,28)/b10-4-/t6-,7-,8?,9-,11+,12-/m0/s1. The van der Waals surface area contributed by atoms with Gasteiger partial charge in [0.2, 0.25) is 23.6 Å². The largest absolute Gasteiger partial charge is 0.403 e. The van der Waals surface area contributed by atoms with Crippen LogP contribution < -0.4 is 54.4 Å². The van der Waals surface area contributed by atoms with Crippen molar-refractivity contribution in [2.75, 3.05) is 13.1 Å². The number of hydrogen-bond donors (Lipinski definition) is 12. The fourth-order valence-electron chi connectivity index (χ4n) is 3.26. The van der Waals surface area contributed by atoms with Gasteiger partial charge in [-0.2, -0.15) is 0 Å². The summed E-state index contributed by atoms with van der Waals surface area (Å²) in [6.45, 7) is 0.643. The molecule has 2 aliphatic heterocycles. The van der Waals surface area contributed by atoms with Crippen LogP contribution in [0.4, 0.5) is 0 Å². The van der Waals surface area contributed by atoms with Crippen LogP contribution in [0.25, 0.3) is 0 Å². The highest BCUT2D eigenvalue weighted by Crippen LogP contribution is 2.08. The zero-order valence-electron chi connectivity index (χ0n) is 18.9. The van der Waals surface area contributed by atoms with E-state index in [0.717, 1.165) is 6.20 Å². The summed E-state index contributed by atoms with van der Waals surface area (Å²) in [5.74, 6) is -4.47. The number of carbonyl (C=O) groups excluding carboxylic acids is 5. The fraction of sp³-hybridized carbons (Fsp3) is 0.556. The van der Waals surface area contributed by atoms with E-state index in [9.17, 15) is 29.1 Å². The third-order valence-electron chi connectivity index (χ3n) is 5.21. The van der Waals surface area contributed by atoms with Gasteiger partial charge in [0.1, 0.15) is 36.1 Å². The summed E-state index contributed by atoms with van der Waals surface area (Å²) in [4.78, 5) is 63.1. The number of aliphatic hydroxyl groups excluding tert-OH is 1. The molecule has 0 spiro atoms. The summed E-state index contributed by atoms with van der Waals surface area (Å²) in [5.41, 5.74) is 16.4. The molecule has 0 aromatic carbocycles. The van der Waals surface area contributed by atoms with Gasteiger partial charge >= 0.3 is 0 Å². The van der Waals surface area contributed by atoms with Crippen LogP contribution in [-0.2, 0) is 24.0 Å². The number of guanidine groups is 1. The summed E-state index contributed by atoms with van der Waals surface area (Å²) >= 11 is 0. The second-order valence-electron chi connectivity index (χ2n) is 7.92. The normalized spacial score (nSPS) is 32.9. The van der Waals surface area contributed by atoms with Gasteiger partial charge in [0.25, 0.3) is 5.91 Å². The number of carbonyl (C=O) groups is 5. The van der Waals surface area contributed by atoms with E-state index >= 15 is 0 Å². The molecule has 194 valence electrons. The second-order valence-corrected chi connectivity index (χ2v) is 7.92. The van der Waals surface area contributed by atoms with Crippen molar-refractivity contribution >= 4 is 35.5 Å². The molecule has 2 rings (SSSR count). The van der Waals surface area contributed by atoms with Crippen molar-refractivity contribution in [2.45, 2.75) is 49.8 Å². The SMILES string of the molecule is C[C@@H]1NC(=O)[C@@H](N)CNC(=O)[C@H](C2C[C@@H](O)NC(=N)N2)NC(=O)/C(=C/N)NC(=O)[C@H](CN)NC1=O. The van der Waals surface area contributed by atoms with E-state index in [2.05, 4.69) is 37.2 Å². The summed E-state index contributed by atoms with van der Waals surface area (Å²) in [6.07, 6.45) is -0.502. The zero-order valence-corrected chi connectivity index (χ0v) is 18.9. The van der Waals surface area contributed by atoms with Gasteiger partial charge in [-0.1, -0.05) is 0 Å². The number of aliphatic hydroxyl groups is 1. The van der Waals surface area contributed by atoms with Gasteiger partial charge in [0.05, 0.1) is 6.04 Å². The molecule has 17 heteroatoms. The van der Waals surface area contributed by atoms with E-state index in [-0.39, 0.29) is 25.5 Å². The van der Waals surface area contributed by atoms with Crippen molar-refractivity contribution in [3.63, 3.8) is 0 Å². The van der Waals surface area contributed by atoms with Gasteiger partial charge in [-0.3, -0.25) is 29.4 Å². The van der Waals surface area contributed by atoms with E-state index < -0.39 is 71.7 Å². The molecule has 0 aliphatic carbocycles. The minimum absolute atomic E-state index is 0.0971. The molecular formula is C18H31N11O6. The maximum atomic E-state index is 12.9. The van der Waals surface area contributed by atoms with Crippen molar-refractivity contribution in [1.82, 2.24) is 37.2 Å². The lowest BCUT2D eigenvalue weighted by molar-refractivity contribution is -0.132. The topological polar surface area (TPSA) is 292 Å². The second kappa shape index (κ2) is 12.0. The number of rotatable bonds is 2. The fourth-order valence-corrected chi connectivity index (χ4v) is 3.26. The van der Waals surface area contributed by atoms with E-state index in [1.807, 2.05) is 0 Å². The first-order valence-electron chi connectivity index (χ1n) is 10.6. The van der Waals surface area contributed by atoms with Gasteiger partial charge in [-0.05, 0) is 6.92 Å². The Labute approximate surface area is 199 Å². The molecule has 0 aromatic rings. The third kappa shape index (κ3) is 7.26. The predicted molar refractivity (Wildman–Crippen MR) is 120 cm³/mol. The van der Waals surface area contributed by atoms with Gasteiger partial charge in [-0.25, -0.2) is 0 Å². The molecule has 2 aliphatic rings. The number of amides is 5. The van der Waals surface area contributed by atoms with Crippen LogP contribution in [0.2, 0.25) is 0 Å². The monoisotopic (exact) mass is 497 g/mol. The highest BCUT2D eigenvalue weighted by Gasteiger charge is 2.36. The first-order valence-corrected chi connectivity index (χ1v) is 10.6. The molecule has 1 unspecified atom stereocenters. The van der Waals surface area contributed by atoms with Gasteiger partial charge < -0.3 is 59.5 Å². The maximum absolute atomic E-state index is 12.9. The quantitative estimate of drug-likeness (QED) is 0.159. The van der Waals surface area contributed by atoms with Gasteiger partial charge in [0.15, 0.2) is 5.96 Å². The average Bonchev–Trinajstić information content (AvgIpc) is 2.80. The summed E-state index contributed by atoms with van der Waals surface area (Å²) < 4.78 is 0. The third-order valence-corrected chi connectivity index (χ3v) is 5.21. The Morgan fingerprint density at radius 3 is 2.29 bits per heavy atom. The van der Waals surface area contributed by atoms with Gasteiger partial charge in [0, 0.05) is 25.7 Å². The molecule has 15 N–H and O–H groups in total. The van der Waals surface area contributed by atoms with Crippen molar-refractivity contribution < 1.29 is 29.1 Å². The molecule has 2 heterocycles. The van der Waals surface area contributed by atoms with Crippen molar-refractivity contribution in [3.8, 4) is 0 Å².